The van der Waals surface area contributed by atoms with Crippen molar-refractivity contribution in [1.82, 2.24) is 15.3 Å². The van der Waals surface area contributed by atoms with E-state index in [2.05, 4.69) is 20.6 Å². The van der Waals surface area contributed by atoms with Gasteiger partial charge in [0.25, 0.3) is 11.8 Å². The number of thiazole rings is 1. The summed E-state index contributed by atoms with van der Waals surface area (Å²) in [5, 5.41) is 8.55. The van der Waals surface area contributed by atoms with Gasteiger partial charge in [0.15, 0.2) is 0 Å². The fourth-order valence-corrected chi connectivity index (χ4v) is 3.73. The molecule has 0 fully saturated rings. The minimum absolute atomic E-state index is 0.215. The lowest BCUT2D eigenvalue weighted by Crippen LogP contribution is -2.23. The van der Waals surface area contributed by atoms with Gasteiger partial charge in [-0.25, -0.2) is 4.98 Å². The quantitative estimate of drug-likeness (QED) is 0.466. The van der Waals surface area contributed by atoms with E-state index in [1.807, 2.05) is 48.7 Å². The van der Waals surface area contributed by atoms with Crippen LogP contribution in [0, 0.1) is 6.92 Å². The Labute approximate surface area is 184 Å². The second kappa shape index (κ2) is 9.32. The number of carbonyl (C=O) groups excluding carboxylic acids is 2. The predicted octanol–water partition coefficient (Wildman–Crippen LogP) is 4.70. The molecule has 0 aliphatic carbocycles. The van der Waals surface area contributed by atoms with Gasteiger partial charge in [0, 0.05) is 40.2 Å². The Balaban J connectivity index is 1.41. The van der Waals surface area contributed by atoms with Crippen molar-refractivity contribution in [3.05, 3.63) is 100 Å². The second-order valence-electron chi connectivity index (χ2n) is 6.89. The first-order valence-electron chi connectivity index (χ1n) is 9.70. The van der Waals surface area contributed by atoms with Crippen LogP contribution in [0.1, 0.15) is 31.3 Å². The van der Waals surface area contributed by atoms with Crippen LogP contribution in [0.25, 0.3) is 11.3 Å². The van der Waals surface area contributed by atoms with Crippen LogP contribution in [0.15, 0.2) is 78.4 Å². The zero-order valence-corrected chi connectivity index (χ0v) is 17.6. The van der Waals surface area contributed by atoms with E-state index in [1.165, 1.54) is 11.3 Å². The van der Waals surface area contributed by atoms with Gasteiger partial charge in [-0.05, 0) is 48.9 Å². The average Bonchev–Trinajstić information content (AvgIpc) is 3.29. The molecular weight excluding hydrogens is 408 g/mol. The lowest BCUT2D eigenvalue weighted by atomic mass is 10.1. The number of anilines is 1. The summed E-state index contributed by atoms with van der Waals surface area (Å²) in [4.78, 5) is 33.7. The van der Waals surface area contributed by atoms with Gasteiger partial charge in [-0.3, -0.25) is 14.6 Å². The molecule has 0 saturated carbocycles. The molecule has 0 aliphatic rings. The molecule has 2 N–H and O–H groups in total. The van der Waals surface area contributed by atoms with Crippen molar-refractivity contribution in [2.75, 3.05) is 5.32 Å². The van der Waals surface area contributed by atoms with Gasteiger partial charge in [0.05, 0.1) is 12.2 Å². The van der Waals surface area contributed by atoms with Crippen molar-refractivity contribution in [2.45, 2.75) is 13.5 Å². The van der Waals surface area contributed by atoms with Crippen molar-refractivity contribution in [1.29, 1.82) is 0 Å². The van der Waals surface area contributed by atoms with Gasteiger partial charge in [0.2, 0.25) is 0 Å². The van der Waals surface area contributed by atoms with E-state index in [0.717, 1.165) is 21.8 Å². The molecule has 0 radical (unpaired) electrons. The van der Waals surface area contributed by atoms with Crippen molar-refractivity contribution in [2.24, 2.45) is 0 Å². The van der Waals surface area contributed by atoms with Gasteiger partial charge in [0.1, 0.15) is 5.01 Å². The summed E-state index contributed by atoms with van der Waals surface area (Å²) >= 11 is 1.49. The molecule has 0 saturated heterocycles. The standard InChI is InChI=1S/C24H20N4O2S/c1-16-7-8-19(13-20(16)28-24(30)18-5-3-2-4-6-18)23(29)26-14-22-27-21(15-31-22)17-9-11-25-12-10-17/h2-13,15H,14H2,1H3,(H,26,29)(H,28,30). The Hall–Kier alpha value is -3.84. The van der Waals surface area contributed by atoms with Crippen LogP contribution in [0.4, 0.5) is 5.69 Å². The highest BCUT2D eigenvalue weighted by atomic mass is 32.1. The first kappa shape index (κ1) is 20.4. The molecule has 154 valence electrons. The SMILES string of the molecule is Cc1ccc(C(=O)NCc2nc(-c3ccncc3)cs2)cc1NC(=O)c1ccccc1. The highest BCUT2D eigenvalue weighted by Gasteiger charge is 2.12. The normalized spacial score (nSPS) is 10.5. The van der Waals surface area contributed by atoms with Crippen molar-refractivity contribution in [3.8, 4) is 11.3 Å². The maximum Gasteiger partial charge on any atom is 0.255 e. The Morgan fingerprint density at radius 2 is 1.71 bits per heavy atom. The Morgan fingerprint density at radius 1 is 0.935 bits per heavy atom. The number of aromatic nitrogens is 2. The molecule has 0 bridgehead atoms. The third kappa shape index (κ3) is 5.02. The van der Waals surface area contributed by atoms with Crippen LogP contribution < -0.4 is 10.6 Å². The van der Waals surface area contributed by atoms with Gasteiger partial charge >= 0.3 is 0 Å². The summed E-state index contributed by atoms with van der Waals surface area (Å²) in [7, 11) is 0. The summed E-state index contributed by atoms with van der Waals surface area (Å²) in [6.07, 6.45) is 3.45. The molecule has 2 heterocycles. The molecule has 2 aromatic carbocycles. The summed E-state index contributed by atoms with van der Waals surface area (Å²) in [6.45, 7) is 2.21. The number of hydrogen-bond acceptors (Lipinski definition) is 5. The summed E-state index contributed by atoms with van der Waals surface area (Å²) in [6, 6.07) is 18.0. The number of carbonyl (C=O) groups is 2. The van der Waals surface area contributed by atoms with E-state index in [1.54, 1.807) is 36.7 Å². The molecule has 2 aromatic heterocycles. The molecule has 31 heavy (non-hydrogen) atoms. The predicted molar refractivity (Wildman–Crippen MR) is 122 cm³/mol. The molecular formula is C24H20N4O2S. The maximum atomic E-state index is 12.7. The molecule has 4 rings (SSSR count). The molecule has 0 unspecified atom stereocenters. The molecule has 0 spiro atoms. The van der Waals surface area contributed by atoms with Gasteiger partial charge in [-0.2, -0.15) is 0 Å². The lowest BCUT2D eigenvalue weighted by Gasteiger charge is -2.11. The molecule has 0 aliphatic heterocycles. The fourth-order valence-electron chi connectivity index (χ4n) is 2.99. The highest BCUT2D eigenvalue weighted by Crippen LogP contribution is 2.21. The molecule has 0 atom stereocenters. The van der Waals surface area contributed by atoms with E-state index in [9.17, 15) is 9.59 Å². The monoisotopic (exact) mass is 428 g/mol. The molecule has 7 heteroatoms. The van der Waals surface area contributed by atoms with Crippen LogP contribution in [0.3, 0.4) is 0 Å². The zero-order chi connectivity index (χ0) is 21.6. The van der Waals surface area contributed by atoms with Crippen LogP contribution in [-0.2, 0) is 6.54 Å². The highest BCUT2D eigenvalue weighted by molar-refractivity contribution is 7.09. The Morgan fingerprint density at radius 3 is 2.48 bits per heavy atom. The van der Waals surface area contributed by atoms with E-state index >= 15 is 0 Å². The van der Waals surface area contributed by atoms with Gasteiger partial charge < -0.3 is 10.6 Å². The smallest absolute Gasteiger partial charge is 0.255 e. The van der Waals surface area contributed by atoms with Crippen LogP contribution >= 0.6 is 11.3 Å². The largest absolute Gasteiger partial charge is 0.346 e. The lowest BCUT2D eigenvalue weighted by molar-refractivity contribution is 0.0949. The second-order valence-corrected chi connectivity index (χ2v) is 7.84. The maximum absolute atomic E-state index is 12.7. The number of aryl methyl sites for hydroxylation is 1. The van der Waals surface area contributed by atoms with Crippen LogP contribution in [0.5, 0.6) is 0 Å². The topological polar surface area (TPSA) is 84.0 Å². The number of hydrogen-bond donors (Lipinski definition) is 2. The molecule has 4 aromatic rings. The van der Waals surface area contributed by atoms with Gasteiger partial charge in [-0.15, -0.1) is 11.3 Å². The Kier molecular flexibility index (Phi) is 6.14. The third-order valence-electron chi connectivity index (χ3n) is 4.71. The van der Waals surface area contributed by atoms with Crippen LogP contribution in [0.2, 0.25) is 0 Å². The van der Waals surface area contributed by atoms with E-state index in [0.29, 0.717) is 23.4 Å². The van der Waals surface area contributed by atoms with Gasteiger partial charge in [-0.1, -0.05) is 24.3 Å². The minimum atomic E-state index is -0.226. The third-order valence-corrected chi connectivity index (χ3v) is 5.56. The van der Waals surface area contributed by atoms with Crippen molar-refractivity contribution in [3.63, 3.8) is 0 Å². The van der Waals surface area contributed by atoms with Crippen molar-refractivity contribution < 1.29 is 9.59 Å². The Bertz CT molecular complexity index is 1210. The summed E-state index contributed by atoms with van der Waals surface area (Å²) in [5.74, 6) is -0.441. The zero-order valence-electron chi connectivity index (χ0n) is 16.8. The molecule has 2 amide bonds. The van der Waals surface area contributed by atoms with E-state index in [4.69, 9.17) is 0 Å². The number of benzene rings is 2. The number of rotatable bonds is 6. The first-order chi connectivity index (χ1) is 15.1. The number of amides is 2. The van der Waals surface area contributed by atoms with Crippen LogP contribution in [-0.4, -0.2) is 21.8 Å². The number of pyridine rings is 1. The molecule has 6 nitrogen and oxygen atoms in total. The number of nitrogens with zero attached hydrogens (tertiary/aromatic N) is 2. The van der Waals surface area contributed by atoms with E-state index in [-0.39, 0.29) is 11.8 Å². The fraction of sp³-hybridized carbons (Fsp3) is 0.0833. The minimum Gasteiger partial charge on any atom is -0.346 e. The first-order valence-corrected chi connectivity index (χ1v) is 10.6. The van der Waals surface area contributed by atoms with E-state index < -0.39 is 0 Å². The van der Waals surface area contributed by atoms with Crippen molar-refractivity contribution >= 4 is 28.8 Å². The summed E-state index contributed by atoms with van der Waals surface area (Å²) in [5.41, 5.74) is 4.36. The summed E-state index contributed by atoms with van der Waals surface area (Å²) < 4.78 is 0. The number of nitrogens with one attached hydrogen (secondary N) is 2. The average molecular weight is 429 g/mol.